The van der Waals surface area contributed by atoms with Crippen LogP contribution in [0.4, 0.5) is 0 Å². The Morgan fingerprint density at radius 1 is 1.26 bits per heavy atom. The Hall–Kier alpha value is -1.10. The lowest BCUT2D eigenvalue weighted by molar-refractivity contribution is -0.148. The van der Waals surface area contributed by atoms with Crippen molar-refractivity contribution >= 4 is 11.9 Å². The zero-order valence-electron chi connectivity index (χ0n) is 12.4. The number of carboxylic acid groups (broad SMARTS) is 1. The van der Waals surface area contributed by atoms with Gasteiger partial charge in [-0.15, -0.1) is 0 Å². The maximum Gasteiger partial charge on any atom is 0.311 e. The van der Waals surface area contributed by atoms with Crippen LogP contribution in [0.25, 0.3) is 0 Å². The number of carbonyl (C=O) groups excluding carboxylic acids is 1. The topological polar surface area (TPSA) is 75.6 Å². The van der Waals surface area contributed by atoms with Crippen molar-refractivity contribution < 1.29 is 19.4 Å². The Morgan fingerprint density at radius 3 is 2.21 bits per heavy atom. The molecule has 5 atom stereocenters. The van der Waals surface area contributed by atoms with Crippen LogP contribution in [-0.2, 0) is 14.3 Å². The summed E-state index contributed by atoms with van der Waals surface area (Å²) in [5.74, 6) is -1.05. The summed E-state index contributed by atoms with van der Waals surface area (Å²) in [5.41, 5.74) is -0.910. The van der Waals surface area contributed by atoms with Crippen LogP contribution < -0.4 is 5.32 Å². The van der Waals surface area contributed by atoms with Gasteiger partial charge in [-0.05, 0) is 33.1 Å². The fraction of sp³-hybridized carbons (Fsp3) is 0.857. The molecule has 1 fully saturated rings. The van der Waals surface area contributed by atoms with Gasteiger partial charge in [-0.1, -0.05) is 13.8 Å². The minimum atomic E-state index is -0.910. The molecule has 1 saturated heterocycles. The molecule has 5 nitrogen and oxygen atoms in total. The highest BCUT2D eigenvalue weighted by atomic mass is 16.5. The molecule has 5 heteroatoms. The molecule has 0 aromatic carbocycles. The first kappa shape index (κ1) is 16.0. The van der Waals surface area contributed by atoms with E-state index in [0.29, 0.717) is 6.42 Å². The number of ether oxygens (including phenoxy) is 1. The summed E-state index contributed by atoms with van der Waals surface area (Å²) in [6, 6.07) is 0. The molecule has 0 saturated carbocycles. The van der Waals surface area contributed by atoms with Gasteiger partial charge in [-0.2, -0.15) is 0 Å². The molecule has 19 heavy (non-hydrogen) atoms. The predicted octanol–water partition coefficient (Wildman–Crippen LogP) is 1.66. The molecule has 1 rings (SSSR count). The van der Waals surface area contributed by atoms with Crippen LogP contribution in [-0.4, -0.2) is 35.7 Å². The van der Waals surface area contributed by atoms with Crippen molar-refractivity contribution in [3.63, 3.8) is 0 Å². The molecule has 1 aliphatic rings. The number of amides is 1. The second-order valence-corrected chi connectivity index (χ2v) is 5.87. The number of carboxylic acids is 1. The van der Waals surface area contributed by atoms with E-state index in [-0.39, 0.29) is 36.5 Å². The normalized spacial score (nSPS) is 33.7. The molecule has 5 unspecified atom stereocenters. The second kappa shape index (κ2) is 5.90. The fourth-order valence-electron chi connectivity index (χ4n) is 2.47. The van der Waals surface area contributed by atoms with Gasteiger partial charge in [0.15, 0.2) is 0 Å². The Labute approximate surface area is 114 Å². The number of nitrogens with one attached hydrogen (secondary N) is 1. The lowest BCUT2D eigenvalue weighted by atomic mass is 9.86. The lowest BCUT2D eigenvalue weighted by Crippen LogP contribution is -2.45. The summed E-state index contributed by atoms with van der Waals surface area (Å²) >= 11 is 0. The molecule has 1 aliphatic heterocycles. The Kier molecular flexibility index (Phi) is 4.96. The van der Waals surface area contributed by atoms with Gasteiger partial charge in [0.25, 0.3) is 0 Å². The summed E-state index contributed by atoms with van der Waals surface area (Å²) in [6.07, 6.45) is 0.413. The fourth-order valence-corrected chi connectivity index (χ4v) is 2.47. The van der Waals surface area contributed by atoms with Crippen LogP contribution in [0.1, 0.15) is 41.0 Å². The molecule has 110 valence electrons. The van der Waals surface area contributed by atoms with E-state index in [2.05, 4.69) is 5.32 Å². The zero-order valence-corrected chi connectivity index (χ0v) is 12.4. The van der Waals surface area contributed by atoms with E-state index in [1.807, 2.05) is 27.7 Å². The zero-order chi connectivity index (χ0) is 14.8. The molecule has 0 aliphatic carbocycles. The van der Waals surface area contributed by atoms with Gasteiger partial charge in [-0.25, -0.2) is 0 Å². The molecule has 0 aromatic rings. The Balaban J connectivity index is 2.63. The first-order chi connectivity index (χ1) is 8.73. The molecule has 1 heterocycles. The van der Waals surface area contributed by atoms with E-state index in [9.17, 15) is 14.7 Å². The summed E-state index contributed by atoms with van der Waals surface area (Å²) in [7, 11) is 0. The van der Waals surface area contributed by atoms with Crippen LogP contribution in [0.2, 0.25) is 0 Å². The molecule has 0 bridgehead atoms. The minimum Gasteiger partial charge on any atom is -0.481 e. The van der Waals surface area contributed by atoms with Crippen LogP contribution in [0.15, 0.2) is 0 Å². The maximum atomic E-state index is 12.2. The summed E-state index contributed by atoms with van der Waals surface area (Å²) < 4.78 is 5.64. The van der Waals surface area contributed by atoms with Gasteiger partial charge in [0, 0.05) is 6.54 Å². The van der Waals surface area contributed by atoms with Crippen LogP contribution >= 0.6 is 0 Å². The first-order valence-corrected chi connectivity index (χ1v) is 6.89. The quantitative estimate of drug-likeness (QED) is 0.797. The van der Waals surface area contributed by atoms with Crippen molar-refractivity contribution in [3.8, 4) is 0 Å². The first-order valence-electron chi connectivity index (χ1n) is 6.89. The van der Waals surface area contributed by atoms with E-state index in [4.69, 9.17) is 4.74 Å². The van der Waals surface area contributed by atoms with E-state index in [0.717, 1.165) is 0 Å². The number of hydrogen-bond acceptors (Lipinski definition) is 3. The predicted molar refractivity (Wildman–Crippen MR) is 71.7 cm³/mol. The highest BCUT2D eigenvalue weighted by Gasteiger charge is 2.42. The SMILES string of the molecule is CCC(C)(CNC(=O)C1C(C)OC(C)C1C)C(=O)O. The molecule has 1 amide bonds. The van der Waals surface area contributed by atoms with E-state index in [1.54, 1.807) is 6.92 Å². The van der Waals surface area contributed by atoms with E-state index >= 15 is 0 Å². The average molecular weight is 271 g/mol. The smallest absolute Gasteiger partial charge is 0.311 e. The molecular weight excluding hydrogens is 246 g/mol. The molecular formula is C14H25NO4. The van der Waals surface area contributed by atoms with Crippen LogP contribution in [0.3, 0.4) is 0 Å². The van der Waals surface area contributed by atoms with Gasteiger partial charge >= 0.3 is 5.97 Å². The van der Waals surface area contributed by atoms with Gasteiger partial charge in [0.1, 0.15) is 0 Å². The van der Waals surface area contributed by atoms with E-state index in [1.165, 1.54) is 0 Å². The highest BCUT2D eigenvalue weighted by Crippen LogP contribution is 2.32. The molecule has 0 aromatic heterocycles. The Morgan fingerprint density at radius 2 is 1.84 bits per heavy atom. The third-order valence-electron chi connectivity index (χ3n) is 4.49. The molecule has 0 spiro atoms. The maximum absolute atomic E-state index is 12.2. The number of carbonyl (C=O) groups is 2. The van der Waals surface area contributed by atoms with Gasteiger partial charge < -0.3 is 15.2 Å². The largest absolute Gasteiger partial charge is 0.481 e. The summed E-state index contributed by atoms with van der Waals surface area (Å²) in [4.78, 5) is 23.4. The summed E-state index contributed by atoms with van der Waals surface area (Å²) in [5, 5.41) is 12.0. The average Bonchev–Trinajstić information content (AvgIpc) is 2.59. The van der Waals surface area contributed by atoms with Crippen LogP contribution in [0, 0.1) is 17.3 Å². The van der Waals surface area contributed by atoms with Gasteiger partial charge in [0.05, 0.1) is 23.5 Å². The standard InChI is InChI=1S/C14H25NO4/c1-6-14(5,13(17)18)7-15-12(16)11-8(2)9(3)19-10(11)4/h8-11H,6-7H2,1-5H3,(H,15,16)(H,17,18). The third-order valence-corrected chi connectivity index (χ3v) is 4.49. The second-order valence-electron chi connectivity index (χ2n) is 5.87. The number of hydrogen-bond donors (Lipinski definition) is 2. The Bertz CT molecular complexity index is 357. The van der Waals surface area contributed by atoms with Crippen molar-refractivity contribution in [1.29, 1.82) is 0 Å². The van der Waals surface area contributed by atoms with Gasteiger partial charge in [-0.3, -0.25) is 9.59 Å². The number of rotatable bonds is 5. The number of aliphatic carboxylic acids is 1. The van der Waals surface area contributed by atoms with Crippen LogP contribution in [0.5, 0.6) is 0 Å². The third kappa shape index (κ3) is 3.26. The van der Waals surface area contributed by atoms with Crippen molar-refractivity contribution in [3.05, 3.63) is 0 Å². The minimum absolute atomic E-state index is 0.0581. The van der Waals surface area contributed by atoms with Crippen molar-refractivity contribution in [1.82, 2.24) is 5.32 Å². The molecule has 0 radical (unpaired) electrons. The summed E-state index contributed by atoms with van der Waals surface area (Å²) in [6.45, 7) is 9.46. The molecule has 2 N–H and O–H groups in total. The van der Waals surface area contributed by atoms with Crippen molar-refractivity contribution in [2.24, 2.45) is 17.3 Å². The monoisotopic (exact) mass is 271 g/mol. The lowest BCUT2D eigenvalue weighted by Gasteiger charge is -2.25. The van der Waals surface area contributed by atoms with Crippen molar-refractivity contribution in [2.75, 3.05) is 6.54 Å². The highest BCUT2D eigenvalue weighted by molar-refractivity contribution is 5.81. The van der Waals surface area contributed by atoms with E-state index < -0.39 is 11.4 Å². The van der Waals surface area contributed by atoms with Crippen molar-refractivity contribution in [2.45, 2.75) is 53.2 Å². The van der Waals surface area contributed by atoms with Gasteiger partial charge in [0.2, 0.25) is 5.91 Å².